The van der Waals surface area contributed by atoms with E-state index in [1.165, 1.54) is 10.9 Å². The second kappa shape index (κ2) is 3.96. The minimum Gasteiger partial charge on any atom is -0.360 e. The molecule has 2 nitrogen and oxygen atoms in total. The Kier molecular flexibility index (Phi) is 2.68. The molecule has 1 aromatic carbocycles. The molecule has 0 unspecified atom stereocenters. The van der Waals surface area contributed by atoms with Crippen LogP contribution in [0.4, 0.5) is 0 Å². The highest BCUT2D eigenvalue weighted by atomic mass is 79.9. The van der Waals surface area contributed by atoms with Gasteiger partial charge in [0.2, 0.25) is 0 Å². The molecule has 72 valence electrons. The summed E-state index contributed by atoms with van der Waals surface area (Å²) in [6.07, 6.45) is 4.26. The molecule has 0 amide bonds. The summed E-state index contributed by atoms with van der Waals surface area (Å²) in [7, 11) is 0. The molecular formula is C11H10BrNO. The van der Waals surface area contributed by atoms with Crippen LogP contribution in [0.2, 0.25) is 0 Å². The Labute approximate surface area is 90.4 Å². The number of hydrogen-bond donors (Lipinski definition) is 1. The number of para-hydroxylation sites is 1. The molecule has 0 aliphatic heterocycles. The zero-order chi connectivity index (χ0) is 9.97. The van der Waals surface area contributed by atoms with Gasteiger partial charge in [-0.2, -0.15) is 0 Å². The summed E-state index contributed by atoms with van der Waals surface area (Å²) in [5, 5.41) is 1.17. The van der Waals surface area contributed by atoms with E-state index < -0.39 is 0 Å². The third-order valence-corrected chi connectivity index (χ3v) is 2.94. The quantitative estimate of drug-likeness (QED) is 0.836. The fourth-order valence-electron chi connectivity index (χ4n) is 1.61. The van der Waals surface area contributed by atoms with Crippen LogP contribution in [0.25, 0.3) is 10.9 Å². The van der Waals surface area contributed by atoms with Gasteiger partial charge in [0.05, 0.1) is 0 Å². The lowest BCUT2D eigenvalue weighted by molar-refractivity contribution is -0.107. The minimum atomic E-state index is 0.579. The first-order valence-electron chi connectivity index (χ1n) is 4.51. The van der Waals surface area contributed by atoms with Crippen molar-refractivity contribution in [2.75, 3.05) is 0 Å². The van der Waals surface area contributed by atoms with Crippen molar-refractivity contribution in [3.05, 3.63) is 34.4 Å². The second-order valence-electron chi connectivity index (χ2n) is 3.18. The van der Waals surface area contributed by atoms with Gasteiger partial charge in [-0.15, -0.1) is 0 Å². The van der Waals surface area contributed by atoms with E-state index in [1.807, 2.05) is 12.3 Å². The van der Waals surface area contributed by atoms with E-state index in [0.29, 0.717) is 6.42 Å². The molecule has 14 heavy (non-hydrogen) atoms. The summed E-state index contributed by atoms with van der Waals surface area (Å²) < 4.78 is 1.07. The van der Waals surface area contributed by atoms with Crippen molar-refractivity contribution in [1.29, 1.82) is 0 Å². The van der Waals surface area contributed by atoms with E-state index in [4.69, 9.17) is 0 Å². The summed E-state index contributed by atoms with van der Waals surface area (Å²) in [4.78, 5) is 13.5. The maximum Gasteiger partial charge on any atom is 0.120 e. The van der Waals surface area contributed by atoms with Crippen molar-refractivity contribution in [2.45, 2.75) is 12.8 Å². The molecule has 1 N–H and O–H groups in total. The summed E-state index contributed by atoms with van der Waals surface area (Å²) in [6.45, 7) is 0. The molecule has 3 heteroatoms. The predicted octanol–water partition coefficient (Wildman–Crippen LogP) is 3.06. The first kappa shape index (κ1) is 9.46. The van der Waals surface area contributed by atoms with Gasteiger partial charge < -0.3 is 9.78 Å². The van der Waals surface area contributed by atoms with Crippen molar-refractivity contribution in [3.8, 4) is 0 Å². The van der Waals surface area contributed by atoms with Crippen LogP contribution < -0.4 is 0 Å². The number of carbonyl (C=O) groups excluding carboxylic acids is 1. The molecule has 0 bridgehead atoms. The number of carbonyl (C=O) groups is 1. The van der Waals surface area contributed by atoms with Crippen LogP contribution in [0.15, 0.2) is 28.9 Å². The lowest BCUT2D eigenvalue weighted by Crippen LogP contribution is -1.87. The second-order valence-corrected chi connectivity index (χ2v) is 4.04. The molecule has 0 spiro atoms. The first-order valence-corrected chi connectivity index (χ1v) is 5.30. The minimum absolute atomic E-state index is 0.579. The van der Waals surface area contributed by atoms with Gasteiger partial charge in [-0.1, -0.05) is 18.2 Å². The summed E-state index contributed by atoms with van der Waals surface area (Å²) >= 11 is 3.47. The largest absolute Gasteiger partial charge is 0.360 e. The van der Waals surface area contributed by atoms with Crippen LogP contribution in [-0.4, -0.2) is 11.3 Å². The number of nitrogens with one attached hydrogen (secondary N) is 1. The number of halogens is 1. The van der Waals surface area contributed by atoms with Crippen LogP contribution in [0.1, 0.15) is 12.0 Å². The summed E-state index contributed by atoms with van der Waals surface area (Å²) in [6, 6.07) is 6.12. The molecule has 0 aliphatic rings. The Hall–Kier alpha value is -1.09. The van der Waals surface area contributed by atoms with E-state index in [1.54, 1.807) is 0 Å². The summed E-state index contributed by atoms with van der Waals surface area (Å²) in [5.41, 5.74) is 2.32. The van der Waals surface area contributed by atoms with Gasteiger partial charge in [0, 0.05) is 28.0 Å². The maximum absolute atomic E-state index is 10.3. The van der Waals surface area contributed by atoms with E-state index in [-0.39, 0.29) is 0 Å². The van der Waals surface area contributed by atoms with Crippen LogP contribution >= 0.6 is 15.9 Å². The number of fused-ring (bicyclic) bond motifs is 1. The van der Waals surface area contributed by atoms with Gasteiger partial charge in [-0.25, -0.2) is 0 Å². The van der Waals surface area contributed by atoms with Gasteiger partial charge >= 0.3 is 0 Å². The number of hydrogen-bond acceptors (Lipinski definition) is 1. The van der Waals surface area contributed by atoms with Crippen LogP contribution in [0.5, 0.6) is 0 Å². The van der Waals surface area contributed by atoms with Crippen molar-refractivity contribution in [2.24, 2.45) is 0 Å². The van der Waals surface area contributed by atoms with Gasteiger partial charge in [-0.05, 0) is 27.9 Å². The monoisotopic (exact) mass is 251 g/mol. The molecule has 0 atom stereocenters. The highest BCUT2D eigenvalue weighted by Crippen LogP contribution is 2.26. The number of aromatic amines is 1. The van der Waals surface area contributed by atoms with Crippen molar-refractivity contribution < 1.29 is 4.79 Å². The number of aryl methyl sites for hydroxylation is 1. The first-order chi connectivity index (χ1) is 6.83. The van der Waals surface area contributed by atoms with Crippen LogP contribution in [0, 0.1) is 0 Å². The fraction of sp³-hybridized carbons (Fsp3) is 0.182. The molecule has 1 aromatic heterocycles. The zero-order valence-corrected chi connectivity index (χ0v) is 9.17. The van der Waals surface area contributed by atoms with Gasteiger partial charge in [0.15, 0.2) is 0 Å². The van der Waals surface area contributed by atoms with Gasteiger partial charge in [0.25, 0.3) is 0 Å². The van der Waals surface area contributed by atoms with E-state index in [9.17, 15) is 4.79 Å². The average molecular weight is 252 g/mol. The molecule has 0 radical (unpaired) electrons. The summed E-state index contributed by atoms with van der Waals surface area (Å²) in [5.74, 6) is 0. The molecule has 0 saturated carbocycles. The Morgan fingerprint density at radius 2 is 2.29 bits per heavy atom. The standard InChI is InChI=1S/C11H10BrNO/c12-10-7-13-11-8(4-2-6-14)3-1-5-9(10)11/h1,3,5-7,13H,2,4H2. The Morgan fingerprint density at radius 1 is 1.43 bits per heavy atom. The smallest absolute Gasteiger partial charge is 0.120 e. The molecular weight excluding hydrogens is 242 g/mol. The Morgan fingerprint density at radius 3 is 3.07 bits per heavy atom. The van der Waals surface area contributed by atoms with Gasteiger partial charge in [-0.3, -0.25) is 0 Å². The highest BCUT2D eigenvalue weighted by Gasteiger charge is 2.04. The molecule has 0 saturated heterocycles. The SMILES string of the molecule is O=CCCc1cccc2c(Br)c[nH]c12. The number of benzene rings is 1. The van der Waals surface area contributed by atoms with Crippen molar-refractivity contribution in [3.63, 3.8) is 0 Å². The maximum atomic E-state index is 10.3. The van der Waals surface area contributed by atoms with E-state index >= 15 is 0 Å². The average Bonchev–Trinajstić information content (AvgIpc) is 2.58. The van der Waals surface area contributed by atoms with Crippen LogP contribution in [0.3, 0.4) is 0 Å². The molecule has 0 aliphatic carbocycles. The molecule has 1 heterocycles. The highest BCUT2D eigenvalue weighted by molar-refractivity contribution is 9.10. The third-order valence-electron chi connectivity index (χ3n) is 2.28. The Bertz CT molecular complexity index is 461. The normalized spacial score (nSPS) is 10.6. The van der Waals surface area contributed by atoms with Crippen molar-refractivity contribution in [1.82, 2.24) is 4.98 Å². The molecule has 0 fully saturated rings. The van der Waals surface area contributed by atoms with Crippen molar-refractivity contribution >= 4 is 33.1 Å². The number of aldehydes is 1. The molecule has 2 aromatic rings. The lowest BCUT2D eigenvalue weighted by Gasteiger charge is -1.99. The third kappa shape index (κ3) is 1.60. The zero-order valence-electron chi connectivity index (χ0n) is 7.59. The number of aromatic nitrogens is 1. The number of rotatable bonds is 3. The topological polar surface area (TPSA) is 32.9 Å². The fourth-order valence-corrected chi connectivity index (χ4v) is 2.05. The number of H-pyrrole nitrogens is 1. The van der Waals surface area contributed by atoms with Gasteiger partial charge in [0.1, 0.15) is 6.29 Å². The Balaban J connectivity index is 2.48. The van der Waals surface area contributed by atoms with E-state index in [2.05, 4.69) is 33.0 Å². The van der Waals surface area contributed by atoms with Crippen LogP contribution in [-0.2, 0) is 11.2 Å². The molecule has 2 rings (SSSR count). The lowest BCUT2D eigenvalue weighted by atomic mass is 10.1. The van der Waals surface area contributed by atoms with E-state index in [0.717, 1.165) is 22.7 Å². The predicted molar refractivity (Wildman–Crippen MR) is 60.4 cm³/mol.